The molecule has 1 heterocycles. The summed E-state index contributed by atoms with van der Waals surface area (Å²) in [6.45, 7) is 9.87. The molecule has 0 saturated carbocycles. The summed E-state index contributed by atoms with van der Waals surface area (Å²) < 4.78 is 8.30. The van der Waals surface area contributed by atoms with E-state index in [0.29, 0.717) is 12.1 Å². The van der Waals surface area contributed by atoms with Crippen LogP contribution in [0.15, 0.2) is 0 Å². The van der Waals surface area contributed by atoms with Crippen LogP contribution in [0.2, 0.25) is 5.32 Å². The van der Waals surface area contributed by atoms with Crippen LogP contribution in [-0.4, -0.2) is 37.9 Å². The summed E-state index contributed by atoms with van der Waals surface area (Å²) in [4.78, 5) is 0. The van der Waals surface area contributed by atoms with E-state index in [9.17, 15) is 0 Å². The van der Waals surface area contributed by atoms with E-state index in [1.807, 2.05) is 0 Å². The average molecular weight is 254 g/mol. The Labute approximate surface area is 82.7 Å². The topological polar surface area (TPSA) is 12.5 Å². The van der Waals surface area contributed by atoms with Crippen molar-refractivity contribution in [3.63, 3.8) is 0 Å². The van der Waals surface area contributed by atoms with Gasteiger partial charge in [0.25, 0.3) is 0 Å². The molecule has 1 aliphatic heterocycles. The van der Waals surface area contributed by atoms with Crippen molar-refractivity contribution in [1.29, 1.82) is 0 Å². The van der Waals surface area contributed by atoms with E-state index in [1.54, 1.807) is 0 Å². The molecule has 0 spiro atoms. The van der Waals surface area contributed by atoms with Crippen LogP contribution >= 0.6 is 6.99 Å². The number of hydrogen-bond acceptors (Lipinski definition) is 2. The molecular weight excluding hydrogens is 236 g/mol. The van der Waals surface area contributed by atoms with Gasteiger partial charge in [-0.05, 0) is 0 Å². The van der Waals surface area contributed by atoms with Crippen LogP contribution in [0.25, 0.3) is 0 Å². The average Bonchev–Trinajstić information content (AvgIpc) is 2.37. The Morgan fingerprint density at radius 1 is 1.25 bits per heavy atom. The summed E-state index contributed by atoms with van der Waals surface area (Å²) in [6, 6.07) is 1.27. The van der Waals surface area contributed by atoms with Crippen LogP contribution in [0.3, 0.4) is 0 Å². The third kappa shape index (κ3) is 2.68. The zero-order valence-corrected chi connectivity index (χ0v) is 10.9. The van der Waals surface area contributed by atoms with Gasteiger partial charge in [-0.1, -0.05) is 0 Å². The van der Waals surface area contributed by atoms with Gasteiger partial charge in [0.1, 0.15) is 0 Å². The molecule has 1 unspecified atom stereocenters. The van der Waals surface area contributed by atoms with E-state index < -0.39 is 0 Å². The zero-order valence-electron chi connectivity index (χ0n) is 8.28. The second-order valence-electron chi connectivity index (χ2n) is 3.47. The molecule has 0 aromatic heterocycles. The van der Waals surface area contributed by atoms with Crippen LogP contribution in [0.1, 0.15) is 27.7 Å². The quantitative estimate of drug-likeness (QED) is 0.566. The van der Waals surface area contributed by atoms with Gasteiger partial charge in [-0.15, -0.1) is 0 Å². The van der Waals surface area contributed by atoms with Gasteiger partial charge in [-0.2, -0.15) is 0 Å². The summed E-state index contributed by atoms with van der Waals surface area (Å²) in [5, 5.41) is 1.31. The molecule has 1 fully saturated rings. The fourth-order valence-electron chi connectivity index (χ4n) is 1.37. The first kappa shape index (κ1) is 10.9. The van der Waals surface area contributed by atoms with Crippen LogP contribution in [0, 0.1) is 0 Å². The molecule has 0 aromatic carbocycles. The van der Waals surface area contributed by atoms with Gasteiger partial charge in [0.05, 0.1) is 0 Å². The zero-order chi connectivity index (χ0) is 9.14. The van der Waals surface area contributed by atoms with Gasteiger partial charge in [-0.3, -0.25) is 0 Å². The fraction of sp³-hybridized carbons (Fsp3) is 1.00. The van der Waals surface area contributed by atoms with E-state index >= 15 is 0 Å². The summed E-state index contributed by atoms with van der Waals surface area (Å²) in [6.07, 6.45) is 0. The van der Waals surface area contributed by atoms with E-state index in [2.05, 4.69) is 32.4 Å². The predicted octanol–water partition coefficient (Wildman–Crippen LogP) is 2.48. The van der Waals surface area contributed by atoms with Gasteiger partial charge >= 0.3 is 82.4 Å². The van der Waals surface area contributed by atoms with Crippen molar-refractivity contribution in [3.05, 3.63) is 0 Å². The van der Waals surface area contributed by atoms with Gasteiger partial charge in [-0.25, -0.2) is 0 Å². The van der Waals surface area contributed by atoms with E-state index in [1.165, 1.54) is 5.32 Å². The van der Waals surface area contributed by atoms with Gasteiger partial charge < -0.3 is 0 Å². The van der Waals surface area contributed by atoms with Crippen molar-refractivity contribution in [2.24, 2.45) is 0 Å². The Morgan fingerprint density at radius 2 is 1.83 bits per heavy atom. The Bertz CT molecular complexity index is 129. The minimum atomic E-state index is -0.192. The standard InChI is InChI=1S/C8H18NOPSe/c1-7(2)9(8(3)4)11-10-5-6-12-11/h7-8H,5-6H2,1-4H3. The molecule has 1 rings (SSSR count). The maximum absolute atomic E-state index is 5.76. The molecule has 0 amide bonds. The first-order valence-corrected chi connectivity index (χ1v) is 9.11. The van der Waals surface area contributed by atoms with Crippen molar-refractivity contribution in [3.8, 4) is 0 Å². The minimum absolute atomic E-state index is 0.192. The number of hydrogen-bond donors (Lipinski definition) is 0. The SMILES string of the molecule is CC(C)N(C(C)C)P1OCC[Se]1. The summed E-state index contributed by atoms with van der Waals surface area (Å²) >= 11 is 0.740. The first-order chi connectivity index (χ1) is 5.63. The van der Waals surface area contributed by atoms with Crippen molar-refractivity contribution in [2.45, 2.75) is 45.1 Å². The molecule has 1 atom stereocenters. The molecule has 12 heavy (non-hydrogen) atoms. The van der Waals surface area contributed by atoms with Crippen LogP contribution in [0.4, 0.5) is 0 Å². The molecule has 1 aliphatic rings. The van der Waals surface area contributed by atoms with E-state index in [-0.39, 0.29) is 6.99 Å². The molecule has 0 bridgehead atoms. The number of nitrogens with zero attached hydrogens (tertiary/aromatic N) is 1. The third-order valence-corrected chi connectivity index (χ3v) is 8.58. The van der Waals surface area contributed by atoms with E-state index in [4.69, 9.17) is 4.52 Å². The predicted molar refractivity (Wildman–Crippen MR) is 55.5 cm³/mol. The van der Waals surface area contributed by atoms with Gasteiger partial charge in [0.2, 0.25) is 0 Å². The van der Waals surface area contributed by atoms with E-state index in [0.717, 1.165) is 21.1 Å². The summed E-state index contributed by atoms with van der Waals surface area (Å²) in [5.41, 5.74) is 0. The Morgan fingerprint density at radius 3 is 2.17 bits per heavy atom. The van der Waals surface area contributed by atoms with Gasteiger partial charge in [0, 0.05) is 0 Å². The monoisotopic (exact) mass is 255 g/mol. The molecule has 4 heteroatoms. The molecular formula is C8H18NOPSe. The molecule has 0 aromatic rings. The molecule has 2 nitrogen and oxygen atoms in total. The second kappa shape index (κ2) is 4.93. The Kier molecular flexibility index (Phi) is 4.50. The second-order valence-corrected chi connectivity index (χ2v) is 9.37. The molecule has 0 radical (unpaired) electrons. The maximum atomic E-state index is 5.76. The van der Waals surface area contributed by atoms with Crippen molar-refractivity contribution in [1.82, 2.24) is 4.67 Å². The fourth-order valence-corrected chi connectivity index (χ4v) is 9.00. The molecule has 0 N–H and O–H groups in total. The molecule has 0 aliphatic carbocycles. The molecule has 1 saturated heterocycles. The van der Waals surface area contributed by atoms with Crippen molar-refractivity contribution in [2.75, 3.05) is 6.61 Å². The summed E-state index contributed by atoms with van der Waals surface area (Å²) in [5.74, 6) is 0. The van der Waals surface area contributed by atoms with Crippen LogP contribution in [0.5, 0.6) is 0 Å². The van der Waals surface area contributed by atoms with Crippen LogP contribution in [-0.2, 0) is 4.52 Å². The molecule has 72 valence electrons. The third-order valence-electron chi connectivity index (χ3n) is 1.73. The Hall–Kier alpha value is 0.869. The van der Waals surface area contributed by atoms with Crippen molar-refractivity contribution >= 4 is 21.5 Å². The van der Waals surface area contributed by atoms with Gasteiger partial charge in [0.15, 0.2) is 0 Å². The van der Waals surface area contributed by atoms with Crippen molar-refractivity contribution < 1.29 is 4.52 Å². The first-order valence-electron chi connectivity index (χ1n) is 4.47. The van der Waals surface area contributed by atoms with Crippen LogP contribution < -0.4 is 0 Å². The Balaban J connectivity index is 2.52. The summed E-state index contributed by atoms with van der Waals surface area (Å²) in [7, 11) is 0. The normalized spacial score (nSPS) is 24.8. The number of rotatable bonds is 3.